The zero-order valence-corrected chi connectivity index (χ0v) is 41.8. The summed E-state index contributed by atoms with van der Waals surface area (Å²) in [6, 6.07) is -9.50. The number of carbonyl (C=O) groups is 12. The first-order valence-electron chi connectivity index (χ1n) is 22.4. The van der Waals surface area contributed by atoms with Crippen molar-refractivity contribution in [1.29, 1.82) is 0 Å². The Morgan fingerprint density at radius 1 is 0.819 bits per heavy atom. The summed E-state index contributed by atoms with van der Waals surface area (Å²) in [7, 11) is 1.67. The van der Waals surface area contributed by atoms with Crippen LogP contribution in [0, 0.1) is 0 Å². The SMILES string of the molecule is CC(=O)N[C@H]1CSSC[C@@H](C(=O)O)NC(=O)[C@H](CC(=O)O)NC(=O)CNC(=O)[C@H](CCCN=C(N)N)NC(=O)[C@@H]2CCCN2C(=O)[C@H]([C@@H](C)O[C@@H]2O[C@@H](C)[C@H](OC(C)=O)[C@@H](OC(C)=O)[C@H]2OC(C)=O)NC1=O. The number of nitrogens with zero attached hydrogens (tertiary/aromatic N) is 2. The van der Waals surface area contributed by atoms with Gasteiger partial charge in [-0.05, 0) is 39.5 Å². The Morgan fingerprint density at radius 2 is 1.44 bits per heavy atom. The van der Waals surface area contributed by atoms with E-state index in [1.54, 1.807) is 0 Å². The Morgan fingerprint density at radius 3 is 2.04 bits per heavy atom. The van der Waals surface area contributed by atoms with Crippen LogP contribution in [-0.2, 0) is 81.2 Å². The fraction of sp³-hybridized carbons (Fsp3) is 0.683. The molecular weight excluding hydrogens is 1000 g/mol. The molecule has 3 heterocycles. The fourth-order valence-electron chi connectivity index (χ4n) is 7.55. The molecule has 31 heteroatoms. The number of amides is 7. The lowest BCUT2D eigenvalue weighted by molar-refractivity contribution is -0.310. The highest BCUT2D eigenvalue weighted by molar-refractivity contribution is 8.76. The number of hydrogen-bond acceptors (Lipinski definition) is 20. The molecule has 0 spiro atoms. The number of aliphatic carboxylic acids is 2. The van der Waals surface area contributed by atoms with Gasteiger partial charge in [-0.15, -0.1) is 0 Å². The summed E-state index contributed by atoms with van der Waals surface area (Å²) in [6.45, 7) is 6.03. The highest BCUT2D eigenvalue weighted by atomic mass is 33.1. The molecule has 7 amide bonds. The number of hydrogen-bond donors (Lipinski definition) is 10. The quantitative estimate of drug-likeness (QED) is 0.0196. The maximum Gasteiger partial charge on any atom is 0.327 e. The normalized spacial score (nSPS) is 28.7. The lowest BCUT2D eigenvalue weighted by atomic mass is 9.98. The van der Waals surface area contributed by atoms with Crippen LogP contribution in [0.4, 0.5) is 0 Å². The average Bonchev–Trinajstić information content (AvgIpc) is 3.77. The zero-order chi connectivity index (χ0) is 54.0. The molecule has 3 rings (SSSR count). The first-order valence-corrected chi connectivity index (χ1v) is 24.9. The molecule has 0 aromatic carbocycles. The van der Waals surface area contributed by atoms with Gasteiger partial charge < -0.3 is 82.2 Å². The van der Waals surface area contributed by atoms with Crippen molar-refractivity contribution in [2.75, 3.05) is 31.1 Å². The molecule has 3 fully saturated rings. The second kappa shape index (κ2) is 28.5. The number of nitrogens with one attached hydrogen (secondary N) is 6. The molecule has 72 heavy (non-hydrogen) atoms. The van der Waals surface area contributed by atoms with Crippen molar-refractivity contribution in [3.05, 3.63) is 0 Å². The maximum atomic E-state index is 14.9. The molecule has 0 aromatic heterocycles. The smallest absolute Gasteiger partial charge is 0.327 e. The second-order valence-electron chi connectivity index (χ2n) is 16.6. The van der Waals surface area contributed by atoms with Crippen molar-refractivity contribution in [3.8, 4) is 0 Å². The highest BCUT2D eigenvalue weighted by Gasteiger charge is 2.52. The number of ether oxygens (including phenoxy) is 5. The second-order valence-corrected chi connectivity index (χ2v) is 19.2. The van der Waals surface area contributed by atoms with Gasteiger partial charge >= 0.3 is 29.8 Å². The van der Waals surface area contributed by atoms with E-state index in [0.29, 0.717) is 0 Å². The maximum absolute atomic E-state index is 14.9. The van der Waals surface area contributed by atoms with Crippen LogP contribution in [0.25, 0.3) is 0 Å². The van der Waals surface area contributed by atoms with Gasteiger partial charge in [-0.1, -0.05) is 21.6 Å². The van der Waals surface area contributed by atoms with E-state index < -0.39 is 163 Å². The van der Waals surface area contributed by atoms with Crippen molar-refractivity contribution >= 4 is 98.7 Å². The molecular formula is C41H62N10O19S2. The van der Waals surface area contributed by atoms with Crippen LogP contribution < -0.4 is 43.4 Å². The van der Waals surface area contributed by atoms with E-state index >= 15 is 0 Å². The summed E-state index contributed by atoms with van der Waals surface area (Å²) in [5, 5.41) is 33.6. The van der Waals surface area contributed by atoms with Crippen LogP contribution in [0.15, 0.2) is 4.99 Å². The number of guanidine groups is 1. The molecule has 0 aromatic rings. The summed E-state index contributed by atoms with van der Waals surface area (Å²) >= 11 is 0. The third-order valence-electron chi connectivity index (χ3n) is 10.7. The number of aliphatic imine (C=N–C) groups is 1. The molecule has 29 nitrogen and oxygen atoms in total. The van der Waals surface area contributed by atoms with Crippen LogP contribution in [0.1, 0.15) is 73.6 Å². The molecule has 3 aliphatic rings. The standard InChI is InChI=1S/C41H62N10O19S2/c1-17(66-40-33(70-22(6)55)32(69-21(5)54)31(18(2)67-40)68-20(4)53)30-38(63)51-12-8-10-27(51)37(62)48-23(9-7-11-44-41(42)43)34(59)45-14-28(56)47-24(13-29(57)58)35(60)49-26(39(64)65)16-72-71-15-25(36(61)50-30)46-19(3)52/h17-18,23-27,30-33,40H,7-16H2,1-6H3,(H,45,59)(H,46,52)(H,47,56)(H,48,62)(H,49,60)(H,50,61)(H,57,58)(H,64,65)(H4,42,43,44)/t17-,18+,23+,24+,25+,26+,27+,30+,31+,32-,33-,40-/m1/s1. The van der Waals surface area contributed by atoms with Gasteiger partial charge in [-0.2, -0.15) is 0 Å². The van der Waals surface area contributed by atoms with E-state index in [-0.39, 0.29) is 50.5 Å². The average molecular weight is 1060 g/mol. The van der Waals surface area contributed by atoms with Gasteiger partial charge in [-0.3, -0.25) is 57.7 Å². The van der Waals surface area contributed by atoms with Crippen LogP contribution in [0.3, 0.4) is 0 Å². The van der Waals surface area contributed by atoms with E-state index in [4.69, 9.17) is 35.2 Å². The molecule has 0 radical (unpaired) electrons. The Balaban J connectivity index is 2.14. The zero-order valence-electron chi connectivity index (χ0n) is 40.2. The van der Waals surface area contributed by atoms with E-state index in [9.17, 15) is 67.7 Å². The third kappa shape index (κ3) is 18.9. The lowest BCUT2D eigenvalue weighted by Crippen LogP contribution is -2.64. The van der Waals surface area contributed by atoms with Gasteiger partial charge in [-0.25, -0.2) is 4.79 Å². The van der Waals surface area contributed by atoms with Gasteiger partial charge in [0.25, 0.3) is 0 Å². The van der Waals surface area contributed by atoms with Gasteiger partial charge in [0.15, 0.2) is 30.6 Å². The topological polar surface area (TPSA) is 431 Å². The van der Waals surface area contributed by atoms with Crippen molar-refractivity contribution in [2.24, 2.45) is 16.5 Å². The van der Waals surface area contributed by atoms with Crippen LogP contribution in [-0.4, -0.2) is 196 Å². The number of carboxylic acids is 2. The third-order valence-corrected chi connectivity index (χ3v) is 13.2. The Bertz CT molecular complexity index is 2080. The summed E-state index contributed by atoms with van der Waals surface area (Å²) < 4.78 is 28.6. The van der Waals surface area contributed by atoms with Gasteiger partial charge in [0.05, 0.1) is 25.2 Å². The Kier molecular flexibility index (Phi) is 23.7. The molecule has 402 valence electrons. The number of fused-ring (bicyclic) bond motifs is 1. The van der Waals surface area contributed by atoms with Gasteiger partial charge in [0.2, 0.25) is 41.4 Å². The first-order chi connectivity index (χ1) is 33.8. The van der Waals surface area contributed by atoms with Crippen LogP contribution in [0.2, 0.25) is 0 Å². The van der Waals surface area contributed by atoms with E-state index in [1.807, 2.05) is 0 Å². The van der Waals surface area contributed by atoms with E-state index in [2.05, 4.69) is 36.9 Å². The van der Waals surface area contributed by atoms with Crippen molar-refractivity contribution in [2.45, 2.75) is 147 Å². The predicted molar refractivity (Wildman–Crippen MR) is 249 cm³/mol. The van der Waals surface area contributed by atoms with Crippen LogP contribution >= 0.6 is 21.6 Å². The number of nitrogens with two attached hydrogens (primary N) is 2. The minimum atomic E-state index is -1.82. The molecule has 3 saturated heterocycles. The summed E-state index contributed by atoms with van der Waals surface area (Å²) in [4.78, 5) is 162. The Hall–Kier alpha value is -6.47. The first kappa shape index (κ1) is 59.8. The highest BCUT2D eigenvalue weighted by Crippen LogP contribution is 2.31. The van der Waals surface area contributed by atoms with E-state index in [0.717, 1.165) is 54.2 Å². The van der Waals surface area contributed by atoms with Crippen LogP contribution in [0.5, 0.6) is 0 Å². The number of rotatable bonds is 14. The number of esters is 3. The predicted octanol–water partition coefficient (Wildman–Crippen LogP) is -4.51. The fourth-order valence-corrected chi connectivity index (χ4v) is 9.87. The van der Waals surface area contributed by atoms with Crippen molar-refractivity contribution in [1.82, 2.24) is 36.8 Å². The minimum absolute atomic E-state index is 0.0105. The van der Waals surface area contributed by atoms with E-state index in [1.165, 1.54) is 13.8 Å². The summed E-state index contributed by atoms with van der Waals surface area (Å²) in [5.41, 5.74) is 10.9. The monoisotopic (exact) mass is 1060 g/mol. The number of carbonyl (C=O) groups excluding carboxylic acids is 10. The molecule has 3 aliphatic heterocycles. The molecule has 12 N–H and O–H groups in total. The van der Waals surface area contributed by atoms with Crippen molar-refractivity contribution in [3.63, 3.8) is 0 Å². The molecule has 0 aliphatic carbocycles. The number of carboxylic acid groups (broad SMARTS) is 2. The van der Waals surface area contributed by atoms with Crippen molar-refractivity contribution < 1.29 is 91.4 Å². The van der Waals surface area contributed by atoms with Gasteiger partial charge in [0, 0.05) is 52.3 Å². The summed E-state index contributed by atoms with van der Waals surface area (Å²) in [5.74, 6) is -13.4. The lowest BCUT2D eigenvalue weighted by Gasteiger charge is -2.44. The van der Waals surface area contributed by atoms with Gasteiger partial charge in [0.1, 0.15) is 36.3 Å². The minimum Gasteiger partial charge on any atom is -0.481 e. The summed E-state index contributed by atoms with van der Waals surface area (Å²) in [6.07, 6.45) is -9.63. The molecule has 0 saturated carbocycles. The Labute approximate surface area is 420 Å². The molecule has 12 atom stereocenters. The molecule has 0 bridgehead atoms. The largest absolute Gasteiger partial charge is 0.481 e. The molecule has 0 unspecified atom stereocenters.